The Kier molecular flexibility index (Phi) is 5.37. The Morgan fingerprint density at radius 2 is 1.88 bits per heavy atom. The van der Waals surface area contributed by atoms with E-state index in [1.807, 2.05) is 0 Å². The van der Waals surface area contributed by atoms with Crippen molar-refractivity contribution in [2.24, 2.45) is 0 Å². The molecule has 0 unspecified atom stereocenters. The molecular formula is C18H16N2O4S. The molecule has 6 nitrogen and oxygen atoms in total. The van der Waals surface area contributed by atoms with Crippen LogP contribution in [0.4, 0.5) is 0 Å². The molecule has 0 aliphatic heterocycles. The summed E-state index contributed by atoms with van der Waals surface area (Å²) in [6, 6.07) is 7.74. The van der Waals surface area contributed by atoms with Gasteiger partial charge in [0.05, 0.1) is 10.5 Å². The zero-order valence-electron chi connectivity index (χ0n) is 13.7. The number of hydrogen-bond donors (Lipinski definition) is 2. The third kappa shape index (κ3) is 4.12. The molecule has 1 aromatic heterocycles. The topological polar surface area (TPSA) is 96.4 Å². The van der Waals surface area contributed by atoms with E-state index in [0.717, 1.165) is 0 Å². The molecular weight excluding hydrogens is 340 g/mol. The molecule has 1 aromatic carbocycles. The van der Waals surface area contributed by atoms with Crippen LogP contribution in [0.15, 0.2) is 48.0 Å². The largest absolute Gasteiger partial charge is 0.477 e. The minimum Gasteiger partial charge on any atom is -0.477 e. The summed E-state index contributed by atoms with van der Waals surface area (Å²) in [5.74, 6) is 4.53. The lowest BCUT2D eigenvalue weighted by molar-refractivity contribution is 0.0690. The molecule has 0 saturated carbocycles. The van der Waals surface area contributed by atoms with Gasteiger partial charge in [0.2, 0.25) is 10.0 Å². The molecule has 2 aromatic rings. The minimum atomic E-state index is -3.64. The highest BCUT2D eigenvalue weighted by Crippen LogP contribution is 2.18. The van der Waals surface area contributed by atoms with Crippen LogP contribution in [0.25, 0.3) is 5.57 Å². The van der Waals surface area contributed by atoms with Gasteiger partial charge in [0, 0.05) is 11.8 Å². The summed E-state index contributed by atoms with van der Waals surface area (Å²) in [6.07, 6.45) is 1.34. The van der Waals surface area contributed by atoms with Crippen molar-refractivity contribution in [1.29, 1.82) is 0 Å². The molecule has 2 rings (SSSR count). The fourth-order valence-corrected chi connectivity index (χ4v) is 2.96. The summed E-state index contributed by atoms with van der Waals surface area (Å²) in [4.78, 5) is 15.0. The Labute approximate surface area is 146 Å². The van der Waals surface area contributed by atoms with Crippen LogP contribution in [0, 0.1) is 11.8 Å². The molecule has 0 bridgehead atoms. The van der Waals surface area contributed by atoms with Crippen molar-refractivity contribution in [2.45, 2.75) is 11.8 Å². The smallest absolute Gasteiger partial charge is 0.354 e. The Balaban J connectivity index is 2.57. The fraction of sp³-hybridized carbons (Fsp3) is 0.111. The van der Waals surface area contributed by atoms with Gasteiger partial charge in [-0.15, -0.1) is 0 Å². The maximum Gasteiger partial charge on any atom is 0.354 e. The number of aromatic nitrogens is 1. The second-order valence-corrected chi connectivity index (χ2v) is 7.01. The highest BCUT2D eigenvalue weighted by Gasteiger charge is 2.15. The number of carboxylic acids is 1. The Bertz CT molecular complexity index is 1010. The van der Waals surface area contributed by atoms with Gasteiger partial charge in [-0.25, -0.2) is 22.9 Å². The molecule has 0 atom stereocenters. The van der Waals surface area contributed by atoms with E-state index in [4.69, 9.17) is 5.11 Å². The van der Waals surface area contributed by atoms with Crippen LogP contribution in [-0.4, -0.2) is 31.5 Å². The van der Waals surface area contributed by atoms with Gasteiger partial charge in [-0.2, -0.15) is 0 Å². The lowest BCUT2D eigenvalue weighted by atomic mass is 10.0. The van der Waals surface area contributed by atoms with Crippen LogP contribution in [0.1, 0.15) is 34.1 Å². The second-order valence-electron chi connectivity index (χ2n) is 5.15. The van der Waals surface area contributed by atoms with E-state index in [1.54, 1.807) is 25.1 Å². The van der Waals surface area contributed by atoms with Crippen molar-refractivity contribution < 1.29 is 18.3 Å². The number of nitrogens with zero attached hydrogens (tertiary/aromatic N) is 1. The number of aromatic carboxylic acids is 1. The molecule has 0 saturated heterocycles. The van der Waals surface area contributed by atoms with Gasteiger partial charge in [0.15, 0.2) is 0 Å². The van der Waals surface area contributed by atoms with Gasteiger partial charge in [-0.3, -0.25) is 0 Å². The monoisotopic (exact) mass is 356 g/mol. The number of carbonyl (C=O) groups is 1. The molecule has 25 heavy (non-hydrogen) atoms. The van der Waals surface area contributed by atoms with Gasteiger partial charge in [0.1, 0.15) is 5.69 Å². The van der Waals surface area contributed by atoms with E-state index in [0.29, 0.717) is 22.3 Å². The summed E-state index contributed by atoms with van der Waals surface area (Å²) in [7, 11) is -2.31. The van der Waals surface area contributed by atoms with Gasteiger partial charge in [-0.05, 0) is 43.3 Å². The number of rotatable bonds is 4. The van der Waals surface area contributed by atoms with Gasteiger partial charge >= 0.3 is 5.97 Å². The standard InChI is InChI=1S/C18H16N2O4S/c1-12(2)15-10-16(18(21)22)20-11-14(15)9-8-13-6-4-5-7-17(13)25(23,24)19-3/h4-7,10-11,19H,1H2,2-3H3,(H,21,22). The van der Waals surface area contributed by atoms with Crippen LogP contribution in [0.5, 0.6) is 0 Å². The first kappa shape index (κ1) is 18.4. The molecule has 1 heterocycles. The average Bonchev–Trinajstić information content (AvgIpc) is 2.59. The summed E-state index contributed by atoms with van der Waals surface area (Å²) < 4.78 is 26.4. The van der Waals surface area contributed by atoms with Crippen LogP contribution in [0.2, 0.25) is 0 Å². The first-order valence-electron chi connectivity index (χ1n) is 7.20. The summed E-state index contributed by atoms with van der Waals surface area (Å²) in [5, 5.41) is 9.04. The summed E-state index contributed by atoms with van der Waals surface area (Å²) >= 11 is 0. The van der Waals surface area contributed by atoms with E-state index < -0.39 is 16.0 Å². The molecule has 0 amide bonds. The molecule has 7 heteroatoms. The molecule has 2 N–H and O–H groups in total. The van der Waals surface area contributed by atoms with Crippen molar-refractivity contribution >= 4 is 21.6 Å². The van der Waals surface area contributed by atoms with Crippen molar-refractivity contribution in [2.75, 3.05) is 7.05 Å². The van der Waals surface area contributed by atoms with E-state index in [-0.39, 0.29) is 10.6 Å². The van der Waals surface area contributed by atoms with E-state index in [9.17, 15) is 13.2 Å². The van der Waals surface area contributed by atoms with Gasteiger partial charge < -0.3 is 5.11 Å². The normalized spacial score (nSPS) is 10.6. The molecule has 0 radical (unpaired) electrons. The number of carboxylic acid groups (broad SMARTS) is 1. The number of sulfonamides is 1. The Hall–Kier alpha value is -2.95. The number of pyridine rings is 1. The molecule has 128 valence electrons. The van der Waals surface area contributed by atoms with Crippen LogP contribution in [0.3, 0.4) is 0 Å². The van der Waals surface area contributed by atoms with Crippen molar-refractivity contribution in [1.82, 2.24) is 9.71 Å². The SMILES string of the molecule is C=C(C)c1cc(C(=O)O)ncc1C#Cc1ccccc1S(=O)(=O)NC. The van der Waals surface area contributed by atoms with Crippen molar-refractivity contribution in [3.8, 4) is 11.8 Å². The van der Waals surface area contributed by atoms with E-state index >= 15 is 0 Å². The highest BCUT2D eigenvalue weighted by atomic mass is 32.2. The summed E-state index contributed by atoms with van der Waals surface area (Å²) in [6.45, 7) is 5.54. The lowest BCUT2D eigenvalue weighted by Crippen LogP contribution is -2.19. The Morgan fingerprint density at radius 1 is 1.24 bits per heavy atom. The molecule has 0 fully saturated rings. The van der Waals surface area contributed by atoms with E-state index in [2.05, 4.69) is 28.1 Å². The number of allylic oxidation sites excluding steroid dienone is 1. The summed E-state index contributed by atoms with van der Waals surface area (Å²) in [5.41, 5.74) is 1.86. The third-order valence-electron chi connectivity index (χ3n) is 3.36. The lowest BCUT2D eigenvalue weighted by Gasteiger charge is -2.06. The Morgan fingerprint density at radius 3 is 2.48 bits per heavy atom. The fourth-order valence-electron chi connectivity index (χ4n) is 2.07. The first-order chi connectivity index (χ1) is 11.8. The van der Waals surface area contributed by atoms with E-state index in [1.165, 1.54) is 25.4 Å². The average molecular weight is 356 g/mol. The van der Waals surface area contributed by atoms with Gasteiger partial charge in [0.25, 0.3) is 0 Å². The predicted octanol–water partition coefficient (Wildman–Crippen LogP) is 2.12. The second kappa shape index (κ2) is 7.30. The number of hydrogen-bond acceptors (Lipinski definition) is 4. The molecule has 0 aliphatic carbocycles. The number of nitrogens with one attached hydrogen (secondary N) is 1. The number of benzene rings is 1. The van der Waals surface area contributed by atoms with Crippen LogP contribution < -0.4 is 4.72 Å². The predicted molar refractivity (Wildman–Crippen MR) is 94.6 cm³/mol. The maximum atomic E-state index is 12.1. The third-order valence-corrected chi connectivity index (χ3v) is 4.83. The van der Waals surface area contributed by atoms with Crippen LogP contribution >= 0.6 is 0 Å². The molecule has 0 spiro atoms. The van der Waals surface area contributed by atoms with Crippen molar-refractivity contribution in [3.05, 3.63) is 65.5 Å². The quantitative estimate of drug-likeness (QED) is 0.818. The highest BCUT2D eigenvalue weighted by molar-refractivity contribution is 7.89. The minimum absolute atomic E-state index is 0.0667. The zero-order valence-corrected chi connectivity index (χ0v) is 14.5. The first-order valence-corrected chi connectivity index (χ1v) is 8.68. The van der Waals surface area contributed by atoms with Crippen molar-refractivity contribution in [3.63, 3.8) is 0 Å². The maximum absolute atomic E-state index is 12.1. The van der Waals surface area contributed by atoms with Crippen LogP contribution in [-0.2, 0) is 10.0 Å². The van der Waals surface area contributed by atoms with Gasteiger partial charge in [-0.1, -0.05) is 30.6 Å². The molecule has 0 aliphatic rings. The zero-order chi connectivity index (χ0) is 18.6.